The Morgan fingerprint density at radius 3 is 2.33 bits per heavy atom. The van der Waals surface area contributed by atoms with Crippen molar-refractivity contribution < 1.29 is 13.5 Å². The Morgan fingerprint density at radius 2 is 1.87 bits per heavy atom. The van der Waals surface area contributed by atoms with Crippen LogP contribution in [0.2, 0.25) is 0 Å². The second kappa shape index (κ2) is 7.52. The van der Waals surface area contributed by atoms with E-state index in [1.165, 1.54) is 6.26 Å². The van der Waals surface area contributed by atoms with E-state index in [0.29, 0.717) is 24.5 Å². The summed E-state index contributed by atoms with van der Waals surface area (Å²) in [5, 5.41) is 9.54. The van der Waals surface area contributed by atoms with Crippen LogP contribution in [0.25, 0.3) is 0 Å². The Kier molecular flexibility index (Phi) is 7.65. The van der Waals surface area contributed by atoms with Gasteiger partial charge in [-0.15, -0.1) is 0 Å². The molecule has 15 heavy (non-hydrogen) atoms. The van der Waals surface area contributed by atoms with Crippen LogP contribution < -0.4 is 0 Å². The smallest absolute Gasteiger partial charge is 0.147 e. The molecule has 0 amide bonds. The molecule has 5 heteroatoms. The van der Waals surface area contributed by atoms with Crippen molar-refractivity contribution in [3.8, 4) is 0 Å². The number of rotatable bonds is 8. The summed E-state index contributed by atoms with van der Waals surface area (Å²) in [7, 11) is -2.87. The molecule has 0 spiro atoms. The lowest BCUT2D eigenvalue weighted by Crippen LogP contribution is -2.13. The van der Waals surface area contributed by atoms with Gasteiger partial charge in [0.2, 0.25) is 0 Å². The lowest BCUT2D eigenvalue weighted by atomic mass is 10.2. The van der Waals surface area contributed by atoms with Gasteiger partial charge in [-0.3, -0.25) is 0 Å². The summed E-state index contributed by atoms with van der Waals surface area (Å²) in [6.07, 6.45) is 2.00. The molecular formula is C10H22O3S2. The quantitative estimate of drug-likeness (QED) is 0.714. The third-order valence-corrected chi connectivity index (χ3v) is 4.37. The maximum Gasteiger partial charge on any atom is 0.147 e. The van der Waals surface area contributed by atoms with Gasteiger partial charge in [-0.1, -0.05) is 13.8 Å². The molecule has 0 saturated carbocycles. The standard InChI is InChI=1S/C10H22O3S2/c1-9(2)7-14-8-10(11)5-4-6-15(3,12)13/h9-11H,4-8H2,1-3H3. The van der Waals surface area contributed by atoms with Gasteiger partial charge < -0.3 is 5.11 Å². The highest BCUT2D eigenvalue weighted by Gasteiger charge is 2.07. The summed E-state index contributed by atoms with van der Waals surface area (Å²) in [4.78, 5) is 0. The number of hydrogen-bond acceptors (Lipinski definition) is 4. The summed E-state index contributed by atoms with van der Waals surface area (Å²) in [6.45, 7) is 4.28. The second-order valence-electron chi connectivity index (χ2n) is 4.36. The fourth-order valence-electron chi connectivity index (χ4n) is 1.10. The van der Waals surface area contributed by atoms with E-state index >= 15 is 0 Å². The van der Waals surface area contributed by atoms with Crippen LogP contribution in [-0.4, -0.2) is 43.1 Å². The van der Waals surface area contributed by atoms with Gasteiger partial charge in [0.1, 0.15) is 9.84 Å². The van der Waals surface area contributed by atoms with Crippen LogP contribution in [0.1, 0.15) is 26.7 Å². The minimum absolute atomic E-state index is 0.179. The van der Waals surface area contributed by atoms with Crippen LogP contribution in [0.5, 0.6) is 0 Å². The lowest BCUT2D eigenvalue weighted by Gasteiger charge is -2.10. The van der Waals surface area contributed by atoms with E-state index in [9.17, 15) is 13.5 Å². The molecule has 92 valence electrons. The Hall–Kier alpha value is 0.260. The summed E-state index contributed by atoms with van der Waals surface area (Å²) in [6, 6.07) is 0. The van der Waals surface area contributed by atoms with Gasteiger partial charge in [0.15, 0.2) is 0 Å². The molecule has 0 aliphatic heterocycles. The third kappa shape index (κ3) is 12.2. The molecule has 0 aromatic rings. The fraction of sp³-hybridized carbons (Fsp3) is 1.00. The van der Waals surface area contributed by atoms with Crippen LogP contribution in [-0.2, 0) is 9.84 Å². The number of sulfone groups is 1. The molecule has 0 aliphatic carbocycles. The third-order valence-electron chi connectivity index (χ3n) is 1.81. The van der Waals surface area contributed by atoms with Crippen molar-refractivity contribution in [3.63, 3.8) is 0 Å². The number of aliphatic hydroxyl groups excluding tert-OH is 1. The summed E-state index contributed by atoms with van der Waals surface area (Å²) < 4.78 is 21.7. The zero-order chi connectivity index (χ0) is 11.9. The van der Waals surface area contributed by atoms with Crippen LogP contribution >= 0.6 is 11.8 Å². The number of thioether (sulfide) groups is 1. The highest BCUT2D eigenvalue weighted by molar-refractivity contribution is 7.99. The SMILES string of the molecule is CC(C)CSCC(O)CCCS(C)(=O)=O. The molecule has 0 aromatic carbocycles. The zero-order valence-electron chi connectivity index (χ0n) is 9.77. The van der Waals surface area contributed by atoms with Crippen molar-refractivity contribution in [2.24, 2.45) is 5.92 Å². The second-order valence-corrected chi connectivity index (χ2v) is 7.69. The average molecular weight is 254 g/mol. The Balaban J connectivity index is 3.45. The number of aliphatic hydroxyl groups is 1. The van der Waals surface area contributed by atoms with Crippen molar-refractivity contribution in [2.45, 2.75) is 32.8 Å². The van der Waals surface area contributed by atoms with Crippen LogP contribution in [0.4, 0.5) is 0 Å². The molecule has 0 rings (SSSR count). The van der Waals surface area contributed by atoms with Gasteiger partial charge in [0, 0.05) is 17.8 Å². The monoisotopic (exact) mass is 254 g/mol. The van der Waals surface area contributed by atoms with E-state index < -0.39 is 9.84 Å². The van der Waals surface area contributed by atoms with Gasteiger partial charge >= 0.3 is 0 Å². The van der Waals surface area contributed by atoms with Crippen LogP contribution in [0, 0.1) is 5.92 Å². The maximum absolute atomic E-state index is 10.8. The molecular weight excluding hydrogens is 232 g/mol. The van der Waals surface area contributed by atoms with Crippen molar-refractivity contribution in [1.82, 2.24) is 0 Å². The number of hydrogen-bond donors (Lipinski definition) is 1. The summed E-state index contributed by atoms with van der Waals surface area (Å²) in [5.74, 6) is 2.57. The van der Waals surface area contributed by atoms with Crippen molar-refractivity contribution in [1.29, 1.82) is 0 Å². The molecule has 1 N–H and O–H groups in total. The van der Waals surface area contributed by atoms with Gasteiger partial charge in [-0.05, 0) is 24.5 Å². The molecule has 0 heterocycles. The minimum Gasteiger partial charge on any atom is -0.392 e. The molecule has 0 fully saturated rings. The van der Waals surface area contributed by atoms with Crippen molar-refractivity contribution in [3.05, 3.63) is 0 Å². The first-order valence-corrected chi connectivity index (χ1v) is 8.46. The van der Waals surface area contributed by atoms with Crippen LogP contribution in [0.3, 0.4) is 0 Å². The Labute approximate surface area is 97.6 Å². The van der Waals surface area contributed by atoms with E-state index in [-0.39, 0.29) is 11.9 Å². The van der Waals surface area contributed by atoms with Crippen LogP contribution in [0.15, 0.2) is 0 Å². The van der Waals surface area contributed by atoms with Gasteiger partial charge in [-0.25, -0.2) is 8.42 Å². The molecule has 0 radical (unpaired) electrons. The molecule has 1 unspecified atom stereocenters. The Morgan fingerprint density at radius 1 is 1.27 bits per heavy atom. The van der Waals surface area contributed by atoms with Gasteiger partial charge in [0.25, 0.3) is 0 Å². The average Bonchev–Trinajstić information content (AvgIpc) is 2.00. The van der Waals surface area contributed by atoms with E-state index in [1.54, 1.807) is 11.8 Å². The van der Waals surface area contributed by atoms with E-state index in [0.717, 1.165) is 5.75 Å². The molecule has 0 aromatic heterocycles. The molecule has 0 saturated heterocycles. The first-order chi connectivity index (χ1) is 6.81. The molecule has 0 bridgehead atoms. The first-order valence-electron chi connectivity index (χ1n) is 5.25. The lowest BCUT2D eigenvalue weighted by molar-refractivity contribution is 0.188. The van der Waals surface area contributed by atoms with E-state index in [4.69, 9.17) is 0 Å². The summed E-state index contributed by atoms with van der Waals surface area (Å²) >= 11 is 1.73. The topological polar surface area (TPSA) is 54.4 Å². The minimum atomic E-state index is -2.87. The highest BCUT2D eigenvalue weighted by Crippen LogP contribution is 2.11. The van der Waals surface area contributed by atoms with Crippen molar-refractivity contribution >= 4 is 21.6 Å². The Bertz CT molecular complexity index is 247. The molecule has 3 nitrogen and oxygen atoms in total. The maximum atomic E-state index is 10.8. The highest BCUT2D eigenvalue weighted by atomic mass is 32.2. The largest absolute Gasteiger partial charge is 0.392 e. The van der Waals surface area contributed by atoms with E-state index in [1.807, 2.05) is 0 Å². The molecule has 0 aliphatic rings. The summed E-state index contributed by atoms with van der Waals surface area (Å²) in [5.41, 5.74) is 0. The fourth-order valence-corrected chi connectivity index (χ4v) is 2.84. The normalized spacial score (nSPS) is 14.5. The zero-order valence-corrected chi connectivity index (χ0v) is 11.4. The van der Waals surface area contributed by atoms with E-state index in [2.05, 4.69) is 13.8 Å². The molecule has 1 atom stereocenters. The predicted octanol–water partition coefficient (Wildman–Crippen LogP) is 1.56. The van der Waals surface area contributed by atoms with Gasteiger partial charge in [0.05, 0.1) is 6.10 Å². The predicted molar refractivity (Wildman–Crippen MR) is 67.1 cm³/mol. The van der Waals surface area contributed by atoms with Crippen molar-refractivity contribution in [2.75, 3.05) is 23.5 Å². The first kappa shape index (κ1) is 15.3. The van der Waals surface area contributed by atoms with Gasteiger partial charge in [-0.2, -0.15) is 11.8 Å².